The lowest BCUT2D eigenvalue weighted by Crippen LogP contribution is -2.32. The van der Waals surface area contributed by atoms with Crippen molar-refractivity contribution in [3.05, 3.63) is 71.3 Å². The summed E-state index contributed by atoms with van der Waals surface area (Å²) in [5, 5.41) is 9.46. The molecule has 0 aliphatic carbocycles. The highest BCUT2D eigenvalue weighted by Crippen LogP contribution is 2.24. The summed E-state index contributed by atoms with van der Waals surface area (Å²) in [6, 6.07) is 7.27. The molecule has 0 unspecified atom stereocenters. The predicted molar refractivity (Wildman–Crippen MR) is 106 cm³/mol. The van der Waals surface area contributed by atoms with Crippen LogP contribution in [0.4, 0.5) is 14.7 Å². The van der Waals surface area contributed by atoms with Crippen molar-refractivity contribution in [2.45, 2.75) is 19.8 Å². The monoisotopic (exact) mass is 398 g/mol. The smallest absolute Gasteiger partial charge is 0.271 e. The Labute approximate surface area is 165 Å². The fourth-order valence-electron chi connectivity index (χ4n) is 2.51. The van der Waals surface area contributed by atoms with E-state index in [1.54, 1.807) is 6.07 Å². The second kappa shape index (κ2) is 8.46. The van der Waals surface area contributed by atoms with Crippen LogP contribution in [0.2, 0.25) is 0 Å². The van der Waals surface area contributed by atoms with E-state index in [4.69, 9.17) is 11.5 Å². The number of benzene rings is 1. The van der Waals surface area contributed by atoms with E-state index >= 15 is 0 Å². The lowest BCUT2D eigenvalue weighted by atomic mass is 10.1. The van der Waals surface area contributed by atoms with Crippen molar-refractivity contribution in [2.24, 2.45) is 16.5 Å². The molecule has 0 saturated carbocycles. The van der Waals surface area contributed by atoms with Crippen LogP contribution < -0.4 is 16.8 Å². The summed E-state index contributed by atoms with van der Waals surface area (Å²) in [6.45, 7) is 3.89. The Balaban J connectivity index is 2.04. The van der Waals surface area contributed by atoms with Gasteiger partial charge in [0, 0.05) is 23.2 Å². The second-order valence-electron chi connectivity index (χ2n) is 6.42. The first-order valence-electron chi connectivity index (χ1n) is 8.74. The van der Waals surface area contributed by atoms with Gasteiger partial charge in [-0.1, -0.05) is 26.0 Å². The Morgan fingerprint density at radius 3 is 2.52 bits per heavy atom. The Bertz CT molecular complexity index is 1070. The maximum absolute atomic E-state index is 14.4. The molecule has 3 aromatic rings. The molecule has 0 radical (unpaired) electrons. The summed E-state index contributed by atoms with van der Waals surface area (Å²) in [6.07, 6.45) is 2.39. The summed E-state index contributed by atoms with van der Waals surface area (Å²) in [5.41, 5.74) is 12.2. The number of hydrogen-bond acceptors (Lipinski definition) is 5. The topological polar surface area (TPSA) is 131 Å². The maximum Gasteiger partial charge on any atom is 0.271 e. The van der Waals surface area contributed by atoms with Crippen LogP contribution in [0.15, 0.2) is 47.7 Å². The van der Waals surface area contributed by atoms with Gasteiger partial charge in [-0.3, -0.25) is 10.1 Å². The van der Waals surface area contributed by atoms with E-state index in [0.29, 0.717) is 5.82 Å². The third-order valence-electron chi connectivity index (χ3n) is 3.99. The van der Waals surface area contributed by atoms with E-state index in [-0.39, 0.29) is 40.3 Å². The number of nitrogens with zero attached hydrogens (tertiary/aromatic N) is 4. The molecule has 29 heavy (non-hydrogen) atoms. The van der Waals surface area contributed by atoms with Crippen LogP contribution in [-0.2, 0) is 0 Å². The van der Waals surface area contributed by atoms with Crippen molar-refractivity contribution in [3.8, 4) is 0 Å². The van der Waals surface area contributed by atoms with Gasteiger partial charge < -0.3 is 16.8 Å². The standard InChI is InChI=1S/C19H20F2N8/c1-10(2)17-26-19(29-28-17)27-18(23)25-16(12-5-3-4-6-13(12)20)15(22)11-7-8-24-9-14(11)21/h3-10H,22H2,1-2H3,(H4,23,25,26,27,28,29)/b16-15-. The van der Waals surface area contributed by atoms with Crippen molar-refractivity contribution in [1.29, 1.82) is 0 Å². The van der Waals surface area contributed by atoms with Gasteiger partial charge in [-0.15, -0.1) is 5.10 Å². The molecule has 6 N–H and O–H groups in total. The van der Waals surface area contributed by atoms with E-state index in [1.807, 2.05) is 13.8 Å². The van der Waals surface area contributed by atoms with Gasteiger partial charge in [0.2, 0.25) is 5.96 Å². The molecule has 0 fully saturated rings. The van der Waals surface area contributed by atoms with Crippen LogP contribution in [0.5, 0.6) is 0 Å². The fourth-order valence-corrected chi connectivity index (χ4v) is 2.51. The highest BCUT2D eigenvalue weighted by molar-refractivity contribution is 5.97. The molecule has 0 bridgehead atoms. The summed E-state index contributed by atoms with van der Waals surface area (Å²) in [4.78, 5) is 12.0. The lowest BCUT2D eigenvalue weighted by Gasteiger charge is -2.15. The SMILES string of the molecule is CC(C)c1nc(N=C(N)N/C(=C(\N)c2ccncc2F)c2ccccc2F)n[nH]1. The Kier molecular flexibility index (Phi) is 5.82. The molecule has 0 atom stereocenters. The first-order valence-corrected chi connectivity index (χ1v) is 8.74. The number of rotatable bonds is 5. The van der Waals surface area contributed by atoms with Crippen molar-refractivity contribution >= 4 is 23.3 Å². The maximum atomic E-state index is 14.4. The van der Waals surface area contributed by atoms with E-state index in [1.165, 1.54) is 30.5 Å². The van der Waals surface area contributed by atoms with Gasteiger partial charge in [-0.25, -0.2) is 8.78 Å². The molecule has 0 aliphatic rings. The minimum atomic E-state index is -0.660. The molecule has 2 heterocycles. The van der Waals surface area contributed by atoms with Gasteiger partial charge in [0.1, 0.15) is 11.6 Å². The minimum Gasteiger partial charge on any atom is -0.396 e. The normalized spacial score (nSPS) is 12.8. The van der Waals surface area contributed by atoms with Crippen molar-refractivity contribution in [3.63, 3.8) is 0 Å². The summed E-state index contributed by atoms with van der Waals surface area (Å²) in [5.74, 6) is -0.512. The predicted octanol–water partition coefficient (Wildman–Crippen LogP) is 2.62. The fraction of sp³-hybridized carbons (Fsp3) is 0.158. The second-order valence-corrected chi connectivity index (χ2v) is 6.42. The molecule has 10 heteroatoms. The van der Waals surface area contributed by atoms with Crippen LogP contribution in [-0.4, -0.2) is 26.1 Å². The van der Waals surface area contributed by atoms with Crippen molar-refractivity contribution < 1.29 is 8.78 Å². The van der Waals surface area contributed by atoms with Gasteiger partial charge in [0.05, 0.1) is 17.6 Å². The minimum absolute atomic E-state index is 0.0403. The zero-order valence-corrected chi connectivity index (χ0v) is 15.8. The van der Waals surface area contributed by atoms with Crippen LogP contribution >= 0.6 is 0 Å². The molecule has 2 aromatic heterocycles. The number of pyridine rings is 1. The Hall–Kier alpha value is -3.82. The Morgan fingerprint density at radius 1 is 1.10 bits per heavy atom. The molecule has 3 rings (SSSR count). The summed E-state index contributed by atoms with van der Waals surface area (Å²) in [7, 11) is 0. The first-order chi connectivity index (χ1) is 13.9. The number of aliphatic imine (C=N–C) groups is 1. The molecular formula is C19H20F2N8. The van der Waals surface area contributed by atoms with Gasteiger partial charge in [-0.05, 0) is 18.2 Å². The highest BCUT2D eigenvalue weighted by atomic mass is 19.1. The van der Waals surface area contributed by atoms with Gasteiger partial charge in [0.25, 0.3) is 5.95 Å². The van der Waals surface area contributed by atoms with Crippen molar-refractivity contribution in [2.75, 3.05) is 0 Å². The number of nitrogens with one attached hydrogen (secondary N) is 2. The summed E-state index contributed by atoms with van der Waals surface area (Å²) < 4.78 is 28.6. The quantitative estimate of drug-likeness (QED) is 0.386. The molecule has 8 nitrogen and oxygen atoms in total. The van der Waals surface area contributed by atoms with E-state index < -0.39 is 11.6 Å². The van der Waals surface area contributed by atoms with Gasteiger partial charge >= 0.3 is 0 Å². The first kappa shape index (κ1) is 19.9. The van der Waals surface area contributed by atoms with Crippen LogP contribution in [0, 0.1) is 11.6 Å². The molecule has 150 valence electrons. The number of H-pyrrole nitrogens is 1. The average Bonchev–Trinajstić information content (AvgIpc) is 3.15. The van der Waals surface area contributed by atoms with Crippen LogP contribution in [0.3, 0.4) is 0 Å². The number of aromatic amines is 1. The summed E-state index contributed by atoms with van der Waals surface area (Å²) >= 11 is 0. The Morgan fingerprint density at radius 2 is 1.86 bits per heavy atom. The molecular weight excluding hydrogens is 378 g/mol. The third-order valence-corrected chi connectivity index (χ3v) is 3.99. The van der Waals surface area contributed by atoms with Crippen molar-refractivity contribution in [1.82, 2.24) is 25.5 Å². The van der Waals surface area contributed by atoms with E-state index in [9.17, 15) is 8.78 Å². The third kappa shape index (κ3) is 4.54. The van der Waals surface area contributed by atoms with Crippen LogP contribution in [0.25, 0.3) is 11.4 Å². The van der Waals surface area contributed by atoms with Crippen LogP contribution in [0.1, 0.15) is 36.7 Å². The number of halogens is 2. The molecule has 1 aromatic carbocycles. The number of nitrogens with two attached hydrogens (primary N) is 2. The number of guanidine groups is 1. The lowest BCUT2D eigenvalue weighted by molar-refractivity contribution is 0.616. The zero-order valence-electron chi connectivity index (χ0n) is 15.8. The largest absolute Gasteiger partial charge is 0.396 e. The average molecular weight is 398 g/mol. The van der Waals surface area contributed by atoms with Gasteiger partial charge in [-0.2, -0.15) is 9.98 Å². The molecule has 0 spiro atoms. The molecule has 0 amide bonds. The molecule has 0 saturated heterocycles. The number of hydrogen-bond donors (Lipinski definition) is 4. The van der Waals surface area contributed by atoms with E-state index in [0.717, 1.165) is 6.20 Å². The molecule has 0 aliphatic heterocycles. The highest BCUT2D eigenvalue weighted by Gasteiger charge is 2.17. The van der Waals surface area contributed by atoms with Gasteiger partial charge in [0.15, 0.2) is 5.82 Å². The van der Waals surface area contributed by atoms with E-state index in [2.05, 4.69) is 30.5 Å². The number of aromatic nitrogens is 4. The zero-order chi connectivity index (χ0) is 21.0.